The Morgan fingerprint density at radius 3 is 2.48 bits per heavy atom. The van der Waals surface area contributed by atoms with Crippen LogP contribution < -0.4 is 14.8 Å². The van der Waals surface area contributed by atoms with Gasteiger partial charge in [0, 0.05) is 4.88 Å². The summed E-state index contributed by atoms with van der Waals surface area (Å²) in [5.74, 6) is 1.66. The van der Waals surface area contributed by atoms with E-state index in [-0.39, 0.29) is 0 Å². The first-order chi connectivity index (χ1) is 12.3. The minimum Gasteiger partial charge on any atom is -0.497 e. The molecule has 0 saturated carbocycles. The number of anilines is 2. The second-order valence-electron chi connectivity index (χ2n) is 5.34. The first kappa shape index (κ1) is 15.9. The number of benzene rings is 2. The monoisotopic (exact) mass is 368 g/mol. The van der Waals surface area contributed by atoms with Crippen LogP contribution in [-0.4, -0.2) is 19.2 Å². The molecule has 1 N–H and O–H groups in total. The second-order valence-corrected chi connectivity index (χ2v) is 7.46. The molecular formula is C19H16N2O2S2. The van der Waals surface area contributed by atoms with Crippen LogP contribution in [0.25, 0.3) is 20.7 Å². The topological polar surface area (TPSA) is 43.4 Å². The van der Waals surface area contributed by atoms with E-state index in [9.17, 15) is 0 Å². The number of hydrogen-bond donors (Lipinski definition) is 1. The number of fused-ring (bicyclic) bond motifs is 1. The maximum Gasteiger partial charge on any atom is 0.189 e. The van der Waals surface area contributed by atoms with E-state index in [2.05, 4.69) is 40.6 Å². The zero-order chi connectivity index (χ0) is 17.2. The molecule has 2 aromatic heterocycles. The van der Waals surface area contributed by atoms with Gasteiger partial charge in [-0.2, -0.15) is 0 Å². The molecule has 2 heterocycles. The number of rotatable bonds is 5. The quantitative estimate of drug-likeness (QED) is 0.484. The largest absolute Gasteiger partial charge is 0.497 e. The van der Waals surface area contributed by atoms with E-state index in [0.717, 1.165) is 31.8 Å². The van der Waals surface area contributed by atoms with Gasteiger partial charge in [-0.25, -0.2) is 4.98 Å². The summed E-state index contributed by atoms with van der Waals surface area (Å²) in [6, 6.07) is 18.2. The SMILES string of the molecule is COc1ccc(-c2ccc(Nc3nc4c(OC)cccc4s3)s2)cc1. The molecular weight excluding hydrogens is 352 g/mol. The lowest BCUT2D eigenvalue weighted by Crippen LogP contribution is -1.86. The molecule has 6 heteroatoms. The Morgan fingerprint density at radius 2 is 1.72 bits per heavy atom. The lowest BCUT2D eigenvalue weighted by molar-refractivity contribution is 0.415. The van der Waals surface area contributed by atoms with Crippen molar-refractivity contribution >= 4 is 43.0 Å². The van der Waals surface area contributed by atoms with Gasteiger partial charge in [-0.3, -0.25) is 0 Å². The summed E-state index contributed by atoms with van der Waals surface area (Å²) in [6.45, 7) is 0. The molecule has 4 aromatic rings. The summed E-state index contributed by atoms with van der Waals surface area (Å²) in [4.78, 5) is 5.85. The molecule has 0 amide bonds. The van der Waals surface area contributed by atoms with Gasteiger partial charge in [0.1, 0.15) is 17.0 Å². The normalized spacial score (nSPS) is 10.8. The number of nitrogens with zero attached hydrogens (tertiary/aromatic N) is 1. The number of methoxy groups -OCH3 is 2. The van der Waals surface area contributed by atoms with E-state index in [0.29, 0.717) is 0 Å². The third-order valence-electron chi connectivity index (χ3n) is 3.81. The van der Waals surface area contributed by atoms with Gasteiger partial charge in [-0.1, -0.05) is 17.4 Å². The number of nitrogens with one attached hydrogen (secondary N) is 1. The van der Waals surface area contributed by atoms with Crippen molar-refractivity contribution < 1.29 is 9.47 Å². The van der Waals surface area contributed by atoms with E-state index in [1.54, 1.807) is 36.9 Å². The maximum absolute atomic E-state index is 5.38. The molecule has 4 rings (SSSR count). The molecule has 0 fully saturated rings. The van der Waals surface area contributed by atoms with E-state index in [4.69, 9.17) is 9.47 Å². The Morgan fingerprint density at radius 1 is 0.880 bits per heavy atom. The van der Waals surface area contributed by atoms with Crippen LogP contribution in [0.3, 0.4) is 0 Å². The van der Waals surface area contributed by atoms with Crippen molar-refractivity contribution in [2.24, 2.45) is 0 Å². The standard InChI is InChI=1S/C19H16N2O2S2/c1-22-13-8-6-12(7-9-13)15-10-11-17(24-15)20-19-21-18-14(23-2)4-3-5-16(18)25-19/h3-11H,1-2H3,(H,20,21). The highest BCUT2D eigenvalue weighted by Crippen LogP contribution is 2.37. The fraction of sp³-hybridized carbons (Fsp3) is 0.105. The Kier molecular flexibility index (Phi) is 4.29. The number of aromatic nitrogens is 1. The number of thiazole rings is 1. The fourth-order valence-electron chi connectivity index (χ4n) is 2.56. The van der Waals surface area contributed by atoms with Crippen molar-refractivity contribution in [3.05, 3.63) is 54.6 Å². The van der Waals surface area contributed by atoms with Gasteiger partial charge < -0.3 is 14.8 Å². The van der Waals surface area contributed by atoms with Crippen LogP contribution in [0.5, 0.6) is 11.5 Å². The average molecular weight is 368 g/mol. The molecule has 25 heavy (non-hydrogen) atoms. The molecule has 0 unspecified atom stereocenters. The van der Waals surface area contributed by atoms with Crippen molar-refractivity contribution in [2.75, 3.05) is 19.5 Å². The van der Waals surface area contributed by atoms with Crippen LogP contribution in [0.15, 0.2) is 54.6 Å². The van der Waals surface area contributed by atoms with Crippen molar-refractivity contribution in [1.29, 1.82) is 0 Å². The third-order valence-corrected chi connectivity index (χ3v) is 5.80. The first-order valence-electron chi connectivity index (χ1n) is 7.71. The fourth-order valence-corrected chi connectivity index (χ4v) is 4.43. The Hall–Kier alpha value is -2.57. The highest BCUT2D eigenvalue weighted by molar-refractivity contribution is 7.23. The highest BCUT2D eigenvalue weighted by Gasteiger charge is 2.10. The summed E-state index contributed by atoms with van der Waals surface area (Å²) in [7, 11) is 3.34. The molecule has 2 aromatic carbocycles. The van der Waals surface area contributed by atoms with Crippen LogP contribution >= 0.6 is 22.7 Å². The van der Waals surface area contributed by atoms with Gasteiger partial charge in [-0.15, -0.1) is 11.3 Å². The molecule has 0 aliphatic carbocycles. The molecule has 126 valence electrons. The summed E-state index contributed by atoms with van der Waals surface area (Å²) >= 11 is 3.32. The highest BCUT2D eigenvalue weighted by atomic mass is 32.1. The van der Waals surface area contributed by atoms with Crippen molar-refractivity contribution in [3.63, 3.8) is 0 Å². The molecule has 0 aliphatic heterocycles. The molecule has 0 saturated heterocycles. The molecule has 0 atom stereocenters. The number of hydrogen-bond acceptors (Lipinski definition) is 6. The van der Waals surface area contributed by atoms with Gasteiger partial charge in [0.05, 0.1) is 23.9 Å². The Bertz CT molecular complexity index is 1010. The first-order valence-corrected chi connectivity index (χ1v) is 9.35. The van der Waals surface area contributed by atoms with Crippen molar-refractivity contribution in [3.8, 4) is 21.9 Å². The number of thiophene rings is 1. The van der Waals surface area contributed by atoms with Crippen LogP contribution in [0.2, 0.25) is 0 Å². The molecule has 0 bridgehead atoms. The predicted molar refractivity (Wildman–Crippen MR) is 106 cm³/mol. The van der Waals surface area contributed by atoms with Crippen LogP contribution in [-0.2, 0) is 0 Å². The summed E-state index contributed by atoms with van der Waals surface area (Å²) in [5, 5.41) is 5.33. The van der Waals surface area contributed by atoms with E-state index >= 15 is 0 Å². The van der Waals surface area contributed by atoms with Gasteiger partial charge in [-0.05, 0) is 54.1 Å². The van der Waals surface area contributed by atoms with Crippen LogP contribution in [0.1, 0.15) is 0 Å². The average Bonchev–Trinajstić information content (AvgIpc) is 3.28. The van der Waals surface area contributed by atoms with Crippen LogP contribution in [0.4, 0.5) is 10.1 Å². The van der Waals surface area contributed by atoms with Crippen molar-refractivity contribution in [2.45, 2.75) is 0 Å². The predicted octanol–water partition coefficient (Wildman–Crippen LogP) is 5.79. The summed E-state index contributed by atoms with van der Waals surface area (Å²) < 4.78 is 11.7. The molecule has 0 spiro atoms. The van der Waals surface area contributed by atoms with Crippen molar-refractivity contribution in [1.82, 2.24) is 4.98 Å². The second kappa shape index (κ2) is 6.74. The zero-order valence-corrected chi connectivity index (χ0v) is 15.4. The van der Waals surface area contributed by atoms with E-state index in [1.807, 2.05) is 24.3 Å². The molecule has 0 aliphatic rings. The van der Waals surface area contributed by atoms with Crippen LogP contribution in [0, 0.1) is 0 Å². The lowest BCUT2D eigenvalue weighted by atomic mass is 10.2. The molecule has 0 radical (unpaired) electrons. The smallest absolute Gasteiger partial charge is 0.189 e. The molecule has 4 nitrogen and oxygen atoms in total. The lowest BCUT2D eigenvalue weighted by Gasteiger charge is -2.01. The summed E-state index contributed by atoms with van der Waals surface area (Å²) in [5.41, 5.74) is 2.06. The van der Waals surface area contributed by atoms with Gasteiger partial charge in [0.15, 0.2) is 5.13 Å². The van der Waals surface area contributed by atoms with E-state index in [1.165, 1.54) is 10.4 Å². The van der Waals surface area contributed by atoms with Gasteiger partial charge in [0.25, 0.3) is 0 Å². The Labute approximate surface area is 153 Å². The van der Waals surface area contributed by atoms with E-state index < -0.39 is 0 Å². The summed E-state index contributed by atoms with van der Waals surface area (Å²) in [6.07, 6.45) is 0. The Balaban J connectivity index is 1.58. The number of ether oxygens (including phenoxy) is 2. The maximum atomic E-state index is 5.38. The minimum absolute atomic E-state index is 0.798. The number of para-hydroxylation sites is 1. The van der Waals surface area contributed by atoms with Gasteiger partial charge in [0.2, 0.25) is 0 Å². The third kappa shape index (κ3) is 3.18. The van der Waals surface area contributed by atoms with Gasteiger partial charge >= 0.3 is 0 Å². The zero-order valence-electron chi connectivity index (χ0n) is 13.8. The minimum atomic E-state index is 0.798.